The van der Waals surface area contributed by atoms with Crippen LogP contribution in [0.5, 0.6) is 5.75 Å². The molecule has 1 amide bonds. The van der Waals surface area contributed by atoms with E-state index >= 15 is 0 Å². The van der Waals surface area contributed by atoms with Crippen molar-refractivity contribution in [2.75, 3.05) is 33.8 Å². The second kappa shape index (κ2) is 8.00. The number of nitrogens with one attached hydrogen (secondary N) is 1. The summed E-state index contributed by atoms with van der Waals surface area (Å²) in [6.45, 7) is 6.45. The lowest BCUT2D eigenvalue weighted by Gasteiger charge is -2.28. The first-order chi connectivity index (χ1) is 9.86. The summed E-state index contributed by atoms with van der Waals surface area (Å²) < 4.78 is 5.16. The number of amides is 1. The minimum absolute atomic E-state index is 0.00754. The molecular formula is C16H27N3O2. The second-order valence-electron chi connectivity index (χ2n) is 6.17. The Labute approximate surface area is 127 Å². The van der Waals surface area contributed by atoms with E-state index in [4.69, 9.17) is 10.5 Å². The first-order valence-corrected chi connectivity index (χ1v) is 7.14. The van der Waals surface area contributed by atoms with Gasteiger partial charge in [-0.1, -0.05) is 26.0 Å². The van der Waals surface area contributed by atoms with Crippen molar-refractivity contribution >= 4 is 5.91 Å². The van der Waals surface area contributed by atoms with Crippen LogP contribution in [0.15, 0.2) is 24.3 Å². The van der Waals surface area contributed by atoms with E-state index in [1.165, 1.54) is 0 Å². The van der Waals surface area contributed by atoms with Crippen molar-refractivity contribution in [3.63, 3.8) is 0 Å². The molecule has 0 aliphatic heterocycles. The summed E-state index contributed by atoms with van der Waals surface area (Å²) in [7, 11) is 3.56. The van der Waals surface area contributed by atoms with Crippen LogP contribution in [0.2, 0.25) is 0 Å². The molecule has 3 N–H and O–H groups in total. The van der Waals surface area contributed by atoms with Crippen LogP contribution in [0.3, 0.4) is 0 Å². The Bertz CT molecular complexity index is 461. The summed E-state index contributed by atoms with van der Waals surface area (Å²) in [6, 6.07) is 7.68. The van der Waals surface area contributed by atoms with Crippen LogP contribution in [-0.2, 0) is 11.3 Å². The largest absolute Gasteiger partial charge is 0.497 e. The minimum Gasteiger partial charge on any atom is -0.497 e. The maximum atomic E-state index is 11.9. The van der Waals surface area contributed by atoms with E-state index < -0.39 is 0 Å². The highest BCUT2D eigenvalue weighted by molar-refractivity contribution is 5.77. The summed E-state index contributed by atoms with van der Waals surface area (Å²) in [5.74, 6) is 0.803. The van der Waals surface area contributed by atoms with Gasteiger partial charge in [0.05, 0.1) is 13.7 Å². The molecule has 0 aromatic heterocycles. The van der Waals surface area contributed by atoms with Gasteiger partial charge >= 0.3 is 0 Å². The van der Waals surface area contributed by atoms with Gasteiger partial charge < -0.3 is 15.8 Å². The quantitative estimate of drug-likeness (QED) is 0.756. The third-order valence-corrected chi connectivity index (χ3v) is 3.29. The molecule has 0 bridgehead atoms. The van der Waals surface area contributed by atoms with Crippen molar-refractivity contribution in [3.05, 3.63) is 29.8 Å². The van der Waals surface area contributed by atoms with Crippen LogP contribution in [0, 0.1) is 5.41 Å². The molecular weight excluding hydrogens is 266 g/mol. The average Bonchev–Trinajstić information content (AvgIpc) is 2.44. The summed E-state index contributed by atoms with van der Waals surface area (Å²) in [6.07, 6.45) is 0. The molecule has 0 heterocycles. The molecule has 0 aliphatic carbocycles. The Morgan fingerprint density at radius 3 is 2.76 bits per heavy atom. The maximum Gasteiger partial charge on any atom is 0.234 e. The lowest BCUT2D eigenvalue weighted by Crippen LogP contribution is -2.41. The molecule has 5 heteroatoms. The second-order valence-corrected chi connectivity index (χ2v) is 6.17. The van der Waals surface area contributed by atoms with Crippen LogP contribution in [0.4, 0.5) is 0 Å². The summed E-state index contributed by atoms with van der Waals surface area (Å²) >= 11 is 0. The van der Waals surface area contributed by atoms with Crippen molar-refractivity contribution in [2.45, 2.75) is 20.4 Å². The van der Waals surface area contributed by atoms with Crippen molar-refractivity contribution in [3.8, 4) is 5.75 Å². The highest BCUT2D eigenvalue weighted by atomic mass is 16.5. The predicted octanol–water partition coefficient (Wildman–Crippen LogP) is 1.23. The topological polar surface area (TPSA) is 67.6 Å². The molecule has 1 aromatic rings. The first kappa shape index (κ1) is 17.5. The molecule has 5 nitrogen and oxygen atoms in total. The third-order valence-electron chi connectivity index (χ3n) is 3.29. The smallest absolute Gasteiger partial charge is 0.234 e. The van der Waals surface area contributed by atoms with E-state index in [0.29, 0.717) is 19.6 Å². The number of nitrogens with zero attached hydrogens (tertiary/aromatic N) is 1. The Morgan fingerprint density at radius 1 is 1.43 bits per heavy atom. The fourth-order valence-corrected chi connectivity index (χ4v) is 2.14. The zero-order valence-electron chi connectivity index (χ0n) is 13.5. The van der Waals surface area contributed by atoms with Crippen LogP contribution in [0.1, 0.15) is 19.4 Å². The van der Waals surface area contributed by atoms with Gasteiger partial charge in [-0.15, -0.1) is 0 Å². The zero-order valence-corrected chi connectivity index (χ0v) is 13.5. The normalized spacial score (nSPS) is 11.5. The SMILES string of the molecule is COc1cccc(CNC(=O)CN(C)CC(C)(C)CN)c1. The first-order valence-electron chi connectivity index (χ1n) is 7.14. The van der Waals surface area contributed by atoms with Gasteiger partial charge in [0.25, 0.3) is 0 Å². The number of methoxy groups -OCH3 is 1. The molecule has 0 saturated carbocycles. The summed E-state index contributed by atoms with van der Waals surface area (Å²) in [4.78, 5) is 13.9. The van der Waals surface area contributed by atoms with Crippen molar-refractivity contribution in [2.24, 2.45) is 11.1 Å². The highest BCUT2D eigenvalue weighted by Crippen LogP contribution is 2.14. The highest BCUT2D eigenvalue weighted by Gasteiger charge is 2.19. The minimum atomic E-state index is 0.00754. The van der Waals surface area contributed by atoms with E-state index in [2.05, 4.69) is 19.2 Å². The summed E-state index contributed by atoms with van der Waals surface area (Å²) in [5, 5.41) is 2.92. The lowest BCUT2D eigenvalue weighted by atomic mass is 9.93. The Morgan fingerprint density at radius 2 is 2.14 bits per heavy atom. The number of benzene rings is 1. The van der Waals surface area contributed by atoms with E-state index in [1.807, 2.05) is 36.2 Å². The van der Waals surface area contributed by atoms with E-state index in [0.717, 1.165) is 17.9 Å². The van der Waals surface area contributed by atoms with E-state index in [9.17, 15) is 4.79 Å². The molecule has 0 spiro atoms. The van der Waals surface area contributed by atoms with Crippen LogP contribution in [0.25, 0.3) is 0 Å². The molecule has 0 unspecified atom stereocenters. The fourth-order valence-electron chi connectivity index (χ4n) is 2.14. The number of carbonyl (C=O) groups is 1. The lowest BCUT2D eigenvalue weighted by molar-refractivity contribution is -0.122. The number of nitrogens with two attached hydrogens (primary N) is 1. The molecule has 0 saturated heterocycles. The standard InChI is InChI=1S/C16H27N3O2/c1-16(2,11-17)12-19(3)10-15(20)18-9-13-6-5-7-14(8-13)21-4/h5-8H,9-12,17H2,1-4H3,(H,18,20). The molecule has 0 aliphatic rings. The number of carbonyl (C=O) groups excluding carboxylic acids is 1. The molecule has 1 aromatic carbocycles. The summed E-state index contributed by atoms with van der Waals surface area (Å²) in [5.41, 5.74) is 6.74. The van der Waals surface area contributed by atoms with Crippen LogP contribution >= 0.6 is 0 Å². The van der Waals surface area contributed by atoms with Gasteiger partial charge in [0.15, 0.2) is 0 Å². The average molecular weight is 293 g/mol. The van der Waals surface area contributed by atoms with E-state index in [-0.39, 0.29) is 11.3 Å². The van der Waals surface area contributed by atoms with Gasteiger partial charge in [-0.05, 0) is 36.7 Å². The Hall–Kier alpha value is -1.59. The van der Waals surface area contributed by atoms with Gasteiger partial charge in [-0.25, -0.2) is 0 Å². The number of hydrogen-bond donors (Lipinski definition) is 2. The fraction of sp³-hybridized carbons (Fsp3) is 0.562. The zero-order chi connectivity index (χ0) is 15.9. The van der Waals surface area contributed by atoms with Crippen LogP contribution in [-0.4, -0.2) is 44.6 Å². The molecule has 0 radical (unpaired) electrons. The Balaban J connectivity index is 2.40. The van der Waals surface area contributed by atoms with Gasteiger partial charge in [0.1, 0.15) is 5.75 Å². The third kappa shape index (κ3) is 6.60. The number of ether oxygens (including phenoxy) is 1. The van der Waals surface area contributed by atoms with Gasteiger partial charge in [-0.2, -0.15) is 0 Å². The molecule has 0 atom stereocenters. The predicted molar refractivity (Wildman–Crippen MR) is 85.2 cm³/mol. The van der Waals surface area contributed by atoms with E-state index in [1.54, 1.807) is 7.11 Å². The van der Waals surface area contributed by atoms with Crippen molar-refractivity contribution in [1.82, 2.24) is 10.2 Å². The van der Waals surface area contributed by atoms with Crippen LogP contribution < -0.4 is 15.8 Å². The van der Waals surface area contributed by atoms with Gasteiger partial charge in [0, 0.05) is 13.1 Å². The molecule has 1 rings (SSSR count). The number of hydrogen-bond acceptors (Lipinski definition) is 4. The Kier molecular flexibility index (Phi) is 6.65. The monoisotopic (exact) mass is 293 g/mol. The van der Waals surface area contributed by atoms with Gasteiger partial charge in [-0.3, -0.25) is 9.69 Å². The van der Waals surface area contributed by atoms with Gasteiger partial charge in [0.2, 0.25) is 5.91 Å². The number of rotatable bonds is 8. The molecule has 0 fully saturated rings. The van der Waals surface area contributed by atoms with Crippen molar-refractivity contribution < 1.29 is 9.53 Å². The van der Waals surface area contributed by atoms with Crippen molar-refractivity contribution in [1.29, 1.82) is 0 Å². The molecule has 21 heavy (non-hydrogen) atoms. The number of likely N-dealkylation sites (N-methyl/N-ethyl adjacent to an activating group) is 1. The maximum absolute atomic E-state index is 11.9. The molecule has 118 valence electrons.